The zero-order chi connectivity index (χ0) is 26.6. The SMILES string of the molecule is CCCCCCCN(Cc1ccc(F)cc1F)C(=O)COc1ccc(CCCS(=O)(=O)O)cc1OC. The van der Waals surface area contributed by atoms with Gasteiger partial charge in [-0.05, 0) is 43.0 Å². The van der Waals surface area contributed by atoms with Crippen LogP contribution in [0.2, 0.25) is 0 Å². The van der Waals surface area contributed by atoms with Gasteiger partial charge in [-0.2, -0.15) is 8.42 Å². The van der Waals surface area contributed by atoms with E-state index in [9.17, 15) is 22.0 Å². The minimum absolute atomic E-state index is 0.00588. The number of unbranched alkanes of at least 4 members (excludes halogenated alkanes) is 4. The molecule has 10 heteroatoms. The highest BCUT2D eigenvalue weighted by Crippen LogP contribution is 2.29. The van der Waals surface area contributed by atoms with E-state index in [4.69, 9.17) is 14.0 Å². The van der Waals surface area contributed by atoms with E-state index in [1.807, 2.05) is 0 Å². The van der Waals surface area contributed by atoms with Crippen molar-refractivity contribution in [2.24, 2.45) is 0 Å². The van der Waals surface area contributed by atoms with E-state index in [-0.39, 0.29) is 36.8 Å². The van der Waals surface area contributed by atoms with E-state index < -0.39 is 21.8 Å². The number of carbonyl (C=O) groups excluding carboxylic acids is 1. The molecule has 2 aromatic carbocycles. The molecule has 0 aliphatic carbocycles. The van der Waals surface area contributed by atoms with Crippen molar-refractivity contribution in [1.82, 2.24) is 4.90 Å². The highest BCUT2D eigenvalue weighted by atomic mass is 32.2. The summed E-state index contributed by atoms with van der Waals surface area (Å²) in [6.45, 7) is 2.25. The lowest BCUT2D eigenvalue weighted by molar-refractivity contribution is -0.134. The number of benzene rings is 2. The maximum Gasteiger partial charge on any atom is 0.264 e. The Bertz CT molecular complexity index is 1090. The molecule has 0 radical (unpaired) electrons. The third kappa shape index (κ3) is 10.5. The maximum absolute atomic E-state index is 14.2. The number of hydrogen-bond acceptors (Lipinski definition) is 5. The van der Waals surface area contributed by atoms with Crippen LogP contribution in [0.3, 0.4) is 0 Å². The molecule has 0 bridgehead atoms. The van der Waals surface area contributed by atoms with Gasteiger partial charge in [0.2, 0.25) is 0 Å². The molecule has 0 aliphatic rings. The quantitative estimate of drug-likeness (QED) is 0.239. The molecule has 2 aromatic rings. The van der Waals surface area contributed by atoms with E-state index in [1.54, 1.807) is 18.2 Å². The van der Waals surface area contributed by atoms with Gasteiger partial charge in [-0.15, -0.1) is 0 Å². The Hall–Kier alpha value is -2.72. The Balaban J connectivity index is 2.04. The number of nitrogens with zero attached hydrogens (tertiary/aromatic N) is 1. The van der Waals surface area contributed by atoms with Crippen LogP contribution in [0.15, 0.2) is 36.4 Å². The van der Waals surface area contributed by atoms with Crippen molar-refractivity contribution in [1.29, 1.82) is 0 Å². The third-order valence-electron chi connectivity index (χ3n) is 5.71. The number of ether oxygens (including phenoxy) is 2. The lowest BCUT2D eigenvalue weighted by atomic mass is 10.1. The lowest BCUT2D eigenvalue weighted by Crippen LogP contribution is -2.35. The number of rotatable bonds is 16. The van der Waals surface area contributed by atoms with Gasteiger partial charge in [0.1, 0.15) is 11.6 Å². The Morgan fingerprint density at radius 2 is 1.75 bits per heavy atom. The molecule has 0 unspecified atom stereocenters. The largest absolute Gasteiger partial charge is 0.493 e. The first kappa shape index (κ1) is 29.5. The molecule has 0 saturated heterocycles. The van der Waals surface area contributed by atoms with Gasteiger partial charge in [0.05, 0.1) is 12.9 Å². The second-order valence-corrected chi connectivity index (χ2v) is 10.2. The van der Waals surface area contributed by atoms with Crippen LogP contribution >= 0.6 is 0 Å². The summed E-state index contributed by atoms with van der Waals surface area (Å²) in [7, 11) is -2.57. The minimum atomic E-state index is -4.02. The van der Waals surface area contributed by atoms with Crippen molar-refractivity contribution in [2.75, 3.05) is 26.0 Å². The third-order valence-corrected chi connectivity index (χ3v) is 6.51. The van der Waals surface area contributed by atoms with Crippen molar-refractivity contribution in [3.63, 3.8) is 0 Å². The molecule has 0 saturated carbocycles. The Labute approximate surface area is 212 Å². The summed E-state index contributed by atoms with van der Waals surface area (Å²) in [5.41, 5.74) is 1.01. The fraction of sp³-hybridized carbons (Fsp3) is 0.500. The highest BCUT2D eigenvalue weighted by molar-refractivity contribution is 7.85. The maximum atomic E-state index is 14.2. The van der Waals surface area contributed by atoms with E-state index in [2.05, 4.69) is 6.92 Å². The summed E-state index contributed by atoms with van der Waals surface area (Å²) in [6, 6.07) is 8.35. The van der Waals surface area contributed by atoms with Crippen LogP contribution in [0, 0.1) is 11.6 Å². The van der Waals surface area contributed by atoms with Crippen LogP contribution in [0.5, 0.6) is 11.5 Å². The first-order chi connectivity index (χ1) is 17.1. The average Bonchev–Trinajstić information content (AvgIpc) is 2.82. The molecule has 200 valence electrons. The summed E-state index contributed by atoms with van der Waals surface area (Å²) in [5, 5.41) is 0. The van der Waals surface area contributed by atoms with Gasteiger partial charge in [0.15, 0.2) is 18.1 Å². The summed E-state index contributed by atoms with van der Waals surface area (Å²) in [6.07, 6.45) is 5.60. The smallest absolute Gasteiger partial charge is 0.264 e. The molecular formula is C26H35F2NO6S. The average molecular weight is 528 g/mol. The van der Waals surface area contributed by atoms with Crippen LogP contribution in [-0.2, 0) is 27.9 Å². The second kappa shape index (κ2) is 14.7. The molecule has 0 heterocycles. The number of amides is 1. The molecule has 0 atom stereocenters. The van der Waals surface area contributed by atoms with Crippen LogP contribution < -0.4 is 9.47 Å². The van der Waals surface area contributed by atoms with Gasteiger partial charge < -0.3 is 14.4 Å². The van der Waals surface area contributed by atoms with Gasteiger partial charge in [0.25, 0.3) is 16.0 Å². The molecule has 36 heavy (non-hydrogen) atoms. The normalized spacial score (nSPS) is 11.4. The summed E-state index contributed by atoms with van der Waals surface area (Å²) < 4.78 is 69.3. The molecular weight excluding hydrogens is 492 g/mol. The summed E-state index contributed by atoms with van der Waals surface area (Å²) >= 11 is 0. The van der Waals surface area contributed by atoms with E-state index in [0.29, 0.717) is 24.5 Å². The van der Waals surface area contributed by atoms with Crippen LogP contribution in [0.25, 0.3) is 0 Å². The van der Waals surface area contributed by atoms with E-state index in [0.717, 1.165) is 43.7 Å². The lowest BCUT2D eigenvalue weighted by Gasteiger charge is -2.23. The fourth-order valence-electron chi connectivity index (χ4n) is 3.73. The molecule has 2 rings (SSSR count). The van der Waals surface area contributed by atoms with E-state index >= 15 is 0 Å². The second-order valence-electron chi connectivity index (χ2n) is 8.63. The van der Waals surface area contributed by atoms with Crippen LogP contribution in [-0.4, -0.2) is 49.8 Å². The molecule has 0 fully saturated rings. The van der Waals surface area contributed by atoms with Crippen molar-refractivity contribution in [2.45, 2.75) is 58.4 Å². The predicted octanol–water partition coefficient (Wildman–Crippen LogP) is 5.17. The summed E-state index contributed by atoms with van der Waals surface area (Å²) in [4.78, 5) is 14.5. The highest BCUT2D eigenvalue weighted by Gasteiger charge is 2.18. The zero-order valence-corrected chi connectivity index (χ0v) is 21.7. The van der Waals surface area contributed by atoms with Gasteiger partial charge >= 0.3 is 0 Å². The fourth-order valence-corrected chi connectivity index (χ4v) is 4.24. The molecule has 7 nitrogen and oxygen atoms in total. The number of carbonyl (C=O) groups is 1. The Morgan fingerprint density at radius 3 is 2.42 bits per heavy atom. The molecule has 1 amide bonds. The number of methoxy groups -OCH3 is 1. The van der Waals surface area contributed by atoms with E-state index in [1.165, 1.54) is 24.1 Å². The van der Waals surface area contributed by atoms with Crippen molar-refractivity contribution in [3.05, 3.63) is 59.2 Å². The number of aryl methyl sites for hydroxylation is 1. The van der Waals surface area contributed by atoms with Crippen LogP contribution in [0.1, 0.15) is 56.6 Å². The number of hydrogen-bond donors (Lipinski definition) is 1. The molecule has 0 spiro atoms. The first-order valence-electron chi connectivity index (χ1n) is 12.1. The van der Waals surface area contributed by atoms with Crippen molar-refractivity contribution < 1.29 is 36.0 Å². The zero-order valence-electron chi connectivity index (χ0n) is 20.8. The van der Waals surface area contributed by atoms with Gasteiger partial charge in [-0.1, -0.05) is 44.7 Å². The predicted molar refractivity (Wildman–Crippen MR) is 134 cm³/mol. The van der Waals surface area contributed by atoms with Gasteiger partial charge in [0, 0.05) is 24.7 Å². The monoisotopic (exact) mass is 527 g/mol. The molecule has 0 aliphatic heterocycles. The van der Waals surface area contributed by atoms with Crippen LogP contribution in [0.4, 0.5) is 8.78 Å². The minimum Gasteiger partial charge on any atom is -0.493 e. The van der Waals surface area contributed by atoms with Crippen molar-refractivity contribution in [3.8, 4) is 11.5 Å². The summed E-state index contributed by atoms with van der Waals surface area (Å²) in [5.74, 6) is -1.35. The standard InChI is InChI=1S/C26H35F2NO6S/c1-3-4-5-6-7-14-29(18-21-11-12-22(27)17-23(21)28)26(30)19-35-24-13-10-20(16-25(24)34-2)9-8-15-36(31,32)33/h10-13,16-17H,3-9,14-15,18-19H2,1-2H3,(H,31,32,33). The molecule has 1 N–H and O–H groups in total. The van der Waals surface area contributed by atoms with Crippen molar-refractivity contribution >= 4 is 16.0 Å². The number of halogens is 2. The van der Waals surface area contributed by atoms with Gasteiger partial charge in [-0.3, -0.25) is 9.35 Å². The first-order valence-corrected chi connectivity index (χ1v) is 13.7. The Morgan fingerprint density at radius 1 is 1.00 bits per heavy atom. The molecule has 0 aromatic heterocycles. The van der Waals surface area contributed by atoms with Gasteiger partial charge in [-0.25, -0.2) is 8.78 Å². The Kier molecular flexibility index (Phi) is 12.1. The topological polar surface area (TPSA) is 93.1 Å².